The van der Waals surface area contributed by atoms with Gasteiger partial charge in [0.25, 0.3) is 0 Å². The number of thiol groups is 1. The Morgan fingerprint density at radius 3 is 3.00 bits per heavy atom. The average molecular weight is 272 g/mol. The Morgan fingerprint density at radius 2 is 2.35 bits per heavy atom. The molecule has 5 nitrogen and oxygen atoms in total. The van der Waals surface area contributed by atoms with E-state index in [-0.39, 0.29) is 11.6 Å². The van der Waals surface area contributed by atoms with E-state index in [1.165, 1.54) is 12.5 Å². The highest BCUT2D eigenvalue weighted by atomic mass is 35.5. The first-order valence-electron chi connectivity index (χ1n) is 4.99. The Bertz CT molecular complexity index is 510. The van der Waals surface area contributed by atoms with Crippen LogP contribution in [0.4, 0.5) is 0 Å². The molecule has 17 heavy (non-hydrogen) atoms. The summed E-state index contributed by atoms with van der Waals surface area (Å²) in [5.74, 6) is 0.521. The van der Waals surface area contributed by atoms with Crippen LogP contribution in [0, 0.1) is 0 Å². The van der Waals surface area contributed by atoms with Crippen LogP contribution in [-0.4, -0.2) is 26.4 Å². The van der Waals surface area contributed by atoms with Crippen molar-refractivity contribution in [2.24, 2.45) is 0 Å². The molecule has 0 spiro atoms. The van der Waals surface area contributed by atoms with Gasteiger partial charge in [0.1, 0.15) is 6.26 Å². The van der Waals surface area contributed by atoms with Crippen LogP contribution >= 0.6 is 24.2 Å². The van der Waals surface area contributed by atoms with Crippen LogP contribution in [0.25, 0.3) is 0 Å². The molecular formula is C10H10ClN3O2S. The van der Waals surface area contributed by atoms with E-state index in [1.807, 2.05) is 0 Å². The molecule has 0 aliphatic heterocycles. The molecule has 0 fully saturated rings. The number of ketones is 1. The molecule has 0 saturated heterocycles. The van der Waals surface area contributed by atoms with Crippen molar-refractivity contribution >= 4 is 30.0 Å². The maximum absolute atomic E-state index is 12.1. The third kappa shape index (κ3) is 2.53. The lowest BCUT2D eigenvalue weighted by atomic mass is 10.2. The summed E-state index contributed by atoms with van der Waals surface area (Å²) in [6, 6.07) is 1.58. The SMILES string of the molecule is O=C(c1ccoc1)c1nnc(S)n1CCCCl. The van der Waals surface area contributed by atoms with Crippen LogP contribution in [0.15, 0.2) is 28.2 Å². The van der Waals surface area contributed by atoms with Gasteiger partial charge >= 0.3 is 0 Å². The Labute approximate surface area is 108 Å². The van der Waals surface area contributed by atoms with Crippen molar-refractivity contribution < 1.29 is 9.21 Å². The zero-order valence-electron chi connectivity index (χ0n) is 8.84. The molecule has 2 heterocycles. The van der Waals surface area contributed by atoms with Crippen LogP contribution in [-0.2, 0) is 6.54 Å². The normalized spacial score (nSPS) is 10.7. The van der Waals surface area contributed by atoms with Crippen LogP contribution in [0.2, 0.25) is 0 Å². The van der Waals surface area contributed by atoms with E-state index in [9.17, 15) is 4.79 Å². The number of rotatable bonds is 5. The van der Waals surface area contributed by atoms with E-state index in [1.54, 1.807) is 10.6 Å². The largest absolute Gasteiger partial charge is 0.472 e. The van der Waals surface area contributed by atoms with E-state index >= 15 is 0 Å². The summed E-state index contributed by atoms with van der Waals surface area (Å²) < 4.78 is 6.51. The molecule has 0 radical (unpaired) electrons. The predicted octanol–water partition coefficient (Wildman–Crippen LogP) is 2.02. The lowest BCUT2D eigenvalue weighted by molar-refractivity contribution is 0.102. The maximum atomic E-state index is 12.1. The first kappa shape index (κ1) is 12.2. The van der Waals surface area contributed by atoms with Crippen molar-refractivity contribution in [1.29, 1.82) is 0 Å². The molecule has 0 N–H and O–H groups in total. The molecule has 2 aromatic rings. The summed E-state index contributed by atoms with van der Waals surface area (Å²) in [5, 5.41) is 8.01. The van der Waals surface area contributed by atoms with Gasteiger partial charge in [-0.1, -0.05) is 0 Å². The molecule has 0 aliphatic carbocycles. The van der Waals surface area contributed by atoms with Crippen LogP contribution in [0.1, 0.15) is 22.6 Å². The first-order chi connectivity index (χ1) is 8.24. The van der Waals surface area contributed by atoms with Crippen molar-refractivity contribution in [3.63, 3.8) is 0 Å². The van der Waals surface area contributed by atoms with E-state index in [0.29, 0.717) is 23.1 Å². The minimum atomic E-state index is -0.235. The number of furan rings is 1. The molecule has 0 bridgehead atoms. The highest BCUT2D eigenvalue weighted by Gasteiger charge is 2.19. The highest BCUT2D eigenvalue weighted by Crippen LogP contribution is 2.13. The lowest BCUT2D eigenvalue weighted by Gasteiger charge is -2.04. The number of aromatic nitrogens is 3. The minimum absolute atomic E-state index is 0.235. The summed E-state index contributed by atoms with van der Waals surface area (Å²) >= 11 is 9.78. The number of carbonyl (C=O) groups is 1. The van der Waals surface area contributed by atoms with Crippen molar-refractivity contribution in [2.45, 2.75) is 18.1 Å². The number of nitrogens with zero attached hydrogens (tertiary/aromatic N) is 3. The fourth-order valence-corrected chi connectivity index (χ4v) is 1.77. The Morgan fingerprint density at radius 1 is 1.53 bits per heavy atom. The zero-order valence-corrected chi connectivity index (χ0v) is 10.5. The fourth-order valence-electron chi connectivity index (χ4n) is 1.41. The van der Waals surface area contributed by atoms with Gasteiger partial charge in [-0.05, 0) is 12.5 Å². The van der Waals surface area contributed by atoms with Crippen LogP contribution < -0.4 is 0 Å². The molecular weight excluding hydrogens is 262 g/mol. The molecule has 0 saturated carbocycles. The molecule has 0 unspecified atom stereocenters. The molecule has 2 aromatic heterocycles. The van der Waals surface area contributed by atoms with Gasteiger partial charge in [-0.25, -0.2) is 0 Å². The summed E-state index contributed by atoms with van der Waals surface area (Å²) in [6.45, 7) is 0.564. The second-order valence-corrected chi connectivity index (χ2v) is 4.14. The van der Waals surface area contributed by atoms with Crippen molar-refractivity contribution in [2.75, 3.05) is 5.88 Å². The summed E-state index contributed by atoms with van der Waals surface area (Å²) in [4.78, 5) is 12.1. The van der Waals surface area contributed by atoms with E-state index in [4.69, 9.17) is 16.0 Å². The predicted molar refractivity (Wildman–Crippen MR) is 64.8 cm³/mol. The summed E-state index contributed by atoms with van der Waals surface area (Å²) in [7, 11) is 0. The van der Waals surface area contributed by atoms with Gasteiger partial charge in [0.15, 0.2) is 5.16 Å². The molecule has 0 atom stereocenters. The maximum Gasteiger partial charge on any atom is 0.233 e. The monoisotopic (exact) mass is 271 g/mol. The van der Waals surface area contributed by atoms with Crippen LogP contribution in [0.3, 0.4) is 0 Å². The first-order valence-corrected chi connectivity index (χ1v) is 5.97. The molecule has 90 valence electrons. The topological polar surface area (TPSA) is 60.9 Å². The number of hydrogen-bond donors (Lipinski definition) is 1. The molecule has 0 amide bonds. The van der Waals surface area contributed by atoms with Crippen molar-refractivity contribution in [3.05, 3.63) is 30.0 Å². The Hall–Kier alpha value is -1.27. The van der Waals surface area contributed by atoms with Gasteiger partial charge in [-0.2, -0.15) is 0 Å². The smallest absolute Gasteiger partial charge is 0.233 e. The Balaban J connectivity index is 2.29. The van der Waals surface area contributed by atoms with E-state index in [0.717, 1.165) is 6.42 Å². The highest BCUT2D eigenvalue weighted by molar-refractivity contribution is 7.80. The summed E-state index contributed by atoms with van der Waals surface area (Å²) in [6.07, 6.45) is 3.54. The molecule has 2 rings (SSSR count). The van der Waals surface area contributed by atoms with Gasteiger partial charge < -0.3 is 4.42 Å². The Kier molecular flexibility index (Phi) is 3.86. The van der Waals surface area contributed by atoms with E-state index < -0.39 is 0 Å². The molecule has 0 aliphatic rings. The molecule has 7 heteroatoms. The van der Waals surface area contributed by atoms with Crippen molar-refractivity contribution in [1.82, 2.24) is 14.8 Å². The van der Waals surface area contributed by atoms with Gasteiger partial charge in [-0.3, -0.25) is 9.36 Å². The van der Waals surface area contributed by atoms with Gasteiger partial charge in [0.05, 0.1) is 11.8 Å². The second-order valence-electron chi connectivity index (χ2n) is 3.36. The van der Waals surface area contributed by atoms with Gasteiger partial charge in [0, 0.05) is 12.4 Å². The number of hydrogen-bond acceptors (Lipinski definition) is 5. The average Bonchev–Trinajstić information content (AvgIpc) is 2.95. The standard InChI is InChI=1S/C10H10ClN3O2S/c11-3-1-4-14-9(12-13-10(14)17)8(15)7-2-5-16-6-7/h2,5-6H,1,3-4H2,(H,13,17). The minimum Gasteiger partial charge on any atom is -0.472 e. The lowest BCUT2D eigenvalue weighted by Crippen LogP contribution is -2.12. The fraction of sp³-hybridized carbons (Fsp3) is 0.300. The van der Waals surface area contributed by atoms with Gasteiger partial charge in [0.2, 0.25) is 11.6 Å². The zero-order chi connectivity index (χ0) is 12.3. The van der Waals surface area contributed by atoms with E-state index in [2.05, 4.69) is 22.8 Å². The number of halogens is 1. The third-order valence-corrected chi connectivity index (χ3v) is 2.83. The quantitative estimate of drug-likeness (QED) is 0.513. The molecule has 0 aromatic carbocycles. The number of alkyl halides is 1. The third-order valence-electron chi connectivity index (χ3n) is 2.23. The number of carbonyl (C=O) groups excluding carboxylic acids is 1. The van der Waals surface area contributed by atoms with Crippen molar-refractivity contribution in [3.8, 4) is 0 Å². The summed E-state index contributed by atoms with van der Waals surface area (Å²) in [5.41, 5.74) is 0.442. The van der Waals surface area contributed by atoms with Gasteiger partial charge in [-0.15, -0.1) is 34.4 Å². The second kappa shape index (κ2) is 5.37. The van der Waals surface area contributed by atoms with Crippen LogP contribution in [0.5, 0.6) is 0 Å².